The molecule has 8 nitrogen and oxygen atoms in total. The van der Waals surface area contributed by atoms with E-state index in [1.165, 1.54) is 24.3 Å². The second kappa shape index (κ2) is 7.06. The molecule has 0 saturated carbocycles. The van der Waals surface area contributed by atoms with Crippen LogP contribution in [0.1, 0.15) is 35.2 Å². The summed E-state index contributed by atoms with van der Waals surface area (Å²) >= 11 is 0. The van der Waals surface area contributed by atoms with Crippen LogP contribution >= 0.6 is 0 Å². The molecule has 1 aromatic carbocycles. The maximum Gasteiger partial charge on any atom is 0.340 e. The lowest BCUT2D eigenvalue weighted by Gasteiger charge is -2.22. The van der Waals surface area contributed by atoms with E-state index in [0.29, 0.717) is 11.1 Å². The predicted molar refractivity (Wildman–Crippen MR) is 108 cm³/mol. The van der Waals surface area contributed by atoms with E-state index < -0.39 is 27.9 Å². The number of furan rings is 1. The number of carboxylic acid groups (broad SMARTS) is 1. The highest BCUT2D eigenvalue weighted by Gasteiger charge is 2.33. The molecule has 4 rings (SSSR count). The van der Waals surface area contributed by atoms with Gasteiger partial charge in [-0.15, -0.1) is 0 Å². The predicted octanol–water partition coefficient (Wildman–Crippen LogP) is 2.97. The van der Waals surface area contributed by atoms with Crippen molar-refractivity contribution < 1.29 is 32.2 Å². The van der Waals surface area contributed by atoms with Gasteiger partial charge in [-0.25, -0.2) is 17.6 Å². The third kappa shape index (κ3) is 3.41. The smallest absolute Gasteiger partial charge is 0.340 e. The van der Waals surface area contributed by atoms with Crippen LogP contribution in [-0.4, -0.2) is 48.5 Å². The average Bonchev–Trinajstić information content (AvgIpc) is 2.97. The summed E-state index contributed by atoms with van der Waals surface area (Å²) in [5, 5.41) is 20.2. The summed E-state index contributed by atoms with van der Waals surface area (Å²) in [6, 6.07) is 6.72. The summed E-state index contributed by atoms with van der Waals surface area (Å²) in [5.74, 6) is -1.90. The summed E-state index contributed by atoms with van der Waals surface area (Å²) in [5.41, 5.74) is 0.654. The Balaban J connectivity index is 2.02. The SMILES string of the molecule is C[C@H]1C[C@H](O)CN(S(C)(=O)=O)c2nc3oc(-c4ccc(F)cc4)c(C(=O)O)c3cc21. The van der Waals surface area contributed by atoms with Crippen LogP contribution in [0.2, 0.25) is 0 Å². The average molecular weight is 434 g/mol. The molecule has 0 unspecified atom stereocenters. The Hall–Kier alpha value is -2.98. The van der Waals surface area contributed by atoms with E-state index in [1.807, 2.05) is 6.92 Å². The summed E-state index contributed by atoms with van der Waals surface area (Å²) in [6.07, 6.45) is 0.404. The van der Waals surface area contributed by atoms with Crippen molar-refractivity contribution in [1.82, 2.24) is 4.98 Å². The number of benzene rings is 1. The molecule has 1 aliphatic heterocycles. The molecule has 0 saturated heterocycles. The lowest BCUT2D eigenvalue weighted by atomic mass is 9.95. The van der Waals surface area contributed by atoms with Crippen molar-refractivity contribution in [1.29, 1.82) is 0 Å². The van der Waals surface area contributed by atoms with Gasteiger partial charge in [0.1, 0.15) is 17.2 Å². The van der Waals surface area contributed by atoms with Crippen molar-refractivity contribution in [3.8, 4) is 11.3 Å². The molecule has 3 heterocycles. The zero-order valence-electron chi connectivity index (χ0n) is 16.2. The minimum absolute atomic E-state index is 0.00347. The standard InChI is InChI=1S/C20H19FN2O6S/c1-10-7-13(24)9-23(30(2,27)28)18-14(10)8-15-16(20(25)26)17(29-19(15)22-18)11-3-5-12(21)6-4-11/h3-6,8,10,13,24H,7,9H2,1-2H3,(H,25,26)/t10-,13-/m0/s1. The lowest BCUT2D eigenvalue weighted by molar-refractivity contribution is 0.0699. The van der Waals surface area contributed by atoms with E-state index in [0.717, 1.165) is 10.6 Å². The van der Waals surface area contributed by atoms with Gasteiger partial charge in [0.15, 0.2) is 5.76 Å². The first-order chi connectivity index (χ1) is 14.1. The molecule has 0 spiro atoms. The number of β-amino-alcohol motifs (C(OH)–C–C–N with tert-alkyl or cyclic N) is 1. The molecule has 2 atom stereocenters. The number of anilines is 1. The fourth-order valence-corrected chi connectivity index (χ4v) is 4.69. The number of rotatable bonds is 3. The minimum atomic E-state index is -3.75. The highest BCUT2D eigenvalue weighted by Crippen LogP contribution is 2.40. The Labute approximate surface area is 171 Å². The van der Waals surface area contributed by atoms with Crippen LogP contribution < -0.4 is 4.31 Å². The first-order valence-corrected chi connectivity index (χ1v) is 11.0. The number of fused-ring (bicyclic) bond motifs is 2. The number of carboxylic acids is 1. The van der Waals surface area contributed by atoms with E-state index in [-0.39, 0.29) is 47.1 Å². The van der Waals surface area contributed by atoms with Gasteiger partial charge < -0.3 is 14.6 Å². The quantitative estimate of drug-likeness (QED) is 0.650. The molecule has 1 aliphatic rings. The fourth-order valence-electron chi connectivity index (χ4n) is 3.79. The summed E-state index contributed by atoms with van der Waals surface area (Å²) in [7, 11) is -3.75. The second-order valence-corrected chi connectivity index (χ2v) is 9.36. The Kier molecular flexibility index (Phi) is 4.78. The normalized spacial score (nSPS) is 19.5. The molecule has 2 aromatic heterocycles. The van der Waals surface area contributed by atoms with Gasteiger partial charge in [-0.1, -0.05) is 6.92 Å². The number of aliphatic hydroxyl groups excluding tert-OH is 1. The molecule has 3 aromatic rings. The fraction of sp³-hybridized carbons (Fsp3) is 0.300. The van der Waals surface area contributed by atoms with E-state index >= 15 is 0 Å². The van der Waals surface area contributed by atoms with E-state index in [9.17, 15) is 27.8 Å². The first kappa shape index (κ1) is 20.3. The molecule has 10 heteroatoms. The molecule has 2 N–H and O–H groups in total. The van der Waals surface area contributed by atoms with Crippen molar-refractivity contribution in [2.24, 2.45) is 0 Å². The Morgan fingerprint density at radius 2 is 1.97 bits per heavy atom. The van der Waals surface area contributed by atoms with Crippen LogP contribution in [-0.2, 0) is 10.0 Å². The third-order valence-electron chi connectivity index (χ3n) is 5.18. The maximum absolute atomic E-state index is 13.3. The van der Waals surface area contributed by atoms with Gasteiger partial charge in [-0.3, -0.25) is 4.31 Å². The number of aromatic carboxylic acids is 1. The van der Waals surface area contributed by atoms with Crippen molar-refractivity contribution in [3.63, 3.8) is 0 Å². The number of hydrogen-bond acceptors (Lipinski definition) is 6. The van der Waals surface area contributed by atoms with Crippen LogP contribution in [0.15, 0.2) is 34.7 Å². The van der Waals surface area contributed by atoms with Crippen LogP contribution in [0, 0.1) is 5.82 Å². The van der Waals surface area contributed by atoms with Crippen molar-refractivity contribution in [2.45, 2.75) is 25.4 Å². The van der Waals surface area contributed by atoms with Gasteiger partial charge in [0, 0.05) is 5.56 Å². The van der Waals surface area contributed by atoms with E-state index in [1.54, 1.807) is 6.07 Å². The van der Waals surface area contributed by atoms with Crippen LogP contribution in [0.5, 0.6) is 0 Å². The lowest BCUT2D eigenvalue weighted by Crippen LogP contribution is -2.36. The third-order valence-corrected chi connectivity index (χ3v) is 6.30. The number of sulfonamides is 1. The van der Waals surface area contributed by atoms with Crippen molar-refractivity contribution >= 4 is 32.9 Å². The molecule has 0 aliphatic carbocycles. The number of halogens is 1. The van der Waals surface area contributed by atoms with Gasteiger partial charge >= 0.3 is 5.97 Å². The molecule has 0 radical (unpaired) electrons. The van der Waals surface area contributed by atoms with E-state index in [2.05, 4.69) is 4.98 Å². The summed E-state index contributed by atoms with van der Waals surface area (Å²) in [6.45, 7) is 1.65. The number of carbonyl (C=O) groups is 1. The zero-order chi connectivity index (χ0) is 21.8. The van der Waals surface area contributed by atoms with Gasteiger partial charge in [0.05, 0.1) is 24.3 Å². The Morgan fingerprint density at radius 3 is 2.57 bits per heavy atom. The molecule has 0 fully saturated rings. The Bertz CT molecular complexity index is 1250. The second-order valence-electron chi connectivity index (χ2n) is 7.46. The highest BCUT2D eigenvalue weighted by atomic mass is 32.2. The number of aromatic nitrogens is 1. The summed E-state index contributed by atoms with van der Waals surface area (Å²) < 4.78 is 44.7. The van der Waals surface area contributed by atoms with Crippen molar-refractivity contribution in [3.05, 3.63) is 47.3 Å². The van der Waals surface area contributed by atoms with Crippen molar-refractivity contribution in [2.75, 3.05) is 17.1 Å². The Morgan fingerprint density at radius 1 is 1.30 bits per heavy atom. The van der Waals surface area contributed by atoms with E-state index in [4.69, 9.17) is 4.42 Å². The number of pyridine rings is 1. The zero-order valence-corrected chi connectivity index (χ0v) is 17.0. The van der Waals surface area contributed by atoms with Crippen LogP contribution in [0.25, 0.3) is 22.4 Å². The van der Waals surface area contributed by atoms with Gasteiger partial charge in [-0.05, 0) is 48.2 Å². The molecule has 0 bridgehead atoms. The number of nitrogens with zero attached hydrogens (tertiary/aromatic N) is 2. The number of hydrogen-bond donors (Lipinski definition) is 2. The topological polar surface area (TPSA) is 121 Å². The molecular weight excluding hydrogens is 415 g/mol. The highest BCUT2D eigenvalue weighted by molar-refractivity contribution is 7.92. The molecular formula is C20H19FN2O6S. The van der Waals surface area contributed by atoms with Crippen LogP contribution in [0.3, 0.4) is 0 Å². The number of aliphatic hydroxyl groups is 1. The largest absolute Gasteiger partial charge is 0.478 e. The minimum Gasteiger partial charge on any atom is -0.478 e. The molecule has 158 valence electrons. The van der Waals surface area contributed by atoms with Crippen LogP contribution in [0.4, 0.5) is 10.2 Å². The molecule has 30 heavy (non-hydrogen) atoms. The summed E-state index contributed by atoms with van der Waals surface area (Å²) in [4.78, 5) is 16.4. The first-order valence-electron chi connectivity index (χ1n) is 9.18. The van der Waals surface area contributed by atoms with Gasteiger partial charge in [-0.2, -0.15) is 4.98 Å². The monoisotopic (exact) mass is 434 g/mol. The molecule has 0 amide bonds. The van der Waals surface area contributed by atoms with Gasteiger partial charge in [0.25, 0.3) is 0 Å². The van der Waals surface area contributed by atoms with Gasteiger partial charge in [0.2, 0.25) is 15.7 Å². The maximum atomic E-state index is 13.3.